The second-order valence-electron chi connectivity index (χ2n) is 7.98. The number of rotatable bonds is 11. The van der Waals surface area contributed by atoms with E-state index in [2.05, 4.69) is 23.3 Å². The fourth-order valence-corrected chi connectivity index (χ4v) is 3.77. The standard InChI is InChI=1S/C21H29N5O7S/c22-13(10-34)18(29)24-14(9-17(23)28)19(30)25-15(8-11-3-5-12(27)6-4-11)20(31)26-7-1-2-16(26)21(32)33/h3-6,13-16,27,34H,1-2,7-10,22H2,(H2,23,28)(H,24,29)(H,25,30)(H,32,33). The van der Waals surface area contributed by atoms with Crippen LogP contribution in [0.25, 0.3) is 0 Å². The van der Waals surface area contributed by atoms with Crippen LogP contribution in [0.15, 0.2) is 24.3 Å². The van der Waals surface area contributed by atoms with Crippen LogP contribution in [-0.4, -0.2) is 81.2 Å². The van der Waals surface area contributed by atoms with E-state index in [1.165, 1.54) is 17.0 Å². The fraction of sp³-hybridized carbons (Fsp3) is 0.476. The average Bonchev–Trinajstić information content (AvgIpc) is 3.28. The molecule has 4 unspecified atom stereocenters. The van der Waals surface area contributed by atoms with E-state index >= 15 is 0 Å². The number of nitrogens with zero attached hydrogens (tertiary/aromatic N) is 1. The largest absolute Gasteiger partial charge is 0.508 e. The Morgan fingerprint density at radius 3 is 2.26 bits per heavy atom. The molecule has 1 saturated heterocycles. The maximum atomic E-state index is 13.3. The molecule has 0 aromatic heterocycles. The van der Waals surface area contributed by atoms with Gasteiger partial charge in [-0.1, -0.05) is 12.1 Å². The third kappa shape index (κ3) is 7.35. The molecule has 12 nitrogen and oxygen atoms in total. The monoisotopic (exact) mass is 495 g/mol. The number of carboxylic acids is 1. The van der Waals surface area contributed by atoms with E-state index in [1.54, 1.807) is 12.1 Å². The Labute approximate surface area is 201 Å². The minimum Gasteiger partial charge on any atom is -0.508 e. The number of hydrogen-bond donors (Lipinski definition) is 7. The highest BCUT2D eigenvalue weighted by Gasteiger charge is 2.38. The molecule has 1 fully saturated rings. The van der Waals surface area contributed by atoms with Crippen molar-refractivity contribution >= 4 is 42.2 Å². The van der Waals surface area contributed by atoms with E-state index < -0.39 is 60.2 Å². The Hall–Kier alpha value is -3.32. The quantitative estimate of drug-likeness (QED) is 0.172. The maximum absolute atomic E-state index is 13.3. The minimum atomic E-state index is -1.40. The lowest BCUT2D eigenvalue weighted by Gasteiger charge is -2.29. The molecule has 4 atom stereocenters. The molecule has 4 amide bonds. The molecule has 1 aliphatic heterocycles. The molecule has 1 aromatic rings. The first kappa shape index (κ1) is 26.9. The highest BCUT2D eigenvalue weighted by Crippen LogP contribution is 2.20. The zero-order valence-corrected chi connectivity index (χ0v) is 19.2. The normalized spacial score (nSPS) is 17.9. The highest BCUT2D eigenvalue weighted by molar-refractivity contribution is 7.80. The van der Waals surface area contributed by atoms with Crippen molar-refractivity contribution in [1.29, 1.82) is 0 Å². The van der Waals surface area contributed by atoms with Gasteiger partial charge in [-0.2, -0.15) is 12.6 Å². The third-order valence-electron chi connectivity index (χ3n) is 5.38. The molecule has 2 rings (SSSR count). The van der Waals surface area contributed by atoms with E-state index in [-0.39, 0.29) is 30.9 Å². The first-order valence-electron chi connectivity index (χ1n) is 10.6. The number of primary amides is 1. The number of benzene rings is 1. The number of likely N-dealkylation sites (tertiary alicyclic amines) is 1. The maximum Gasteiger partial charge on any atom is 0.326 e. The van der Waals surface area contributed by atoms with Gasteiger partial charge < -0.3 is 37.2 Å². The molecule has 0 aliphatic carbocycles. The van der Waals surface area contributed by atoms with Crippen LogP contribution in [0, 0.1) is 0 Å². The fourth-order valence-electron chi connectivity index (χ4n) is 3.60. The molecule has 186 valence electrons. The number of carbonyl (C=O) groups excluding carboxylic acids is 4. The number of aliphatic carboxylic acids is 1. The summed E-state index contributed by atoms with van der Waals surface area (Å²) in [6, 6.07) is 1.24. The summed E-state index contributed by atoms with van der Waals surface area (Å²) in [4.78, 5) is 62.7. The van der Waals surface area contributed by atoms with Gasteiger partial charge in [0.15, 0.2) is 0 Å². The van der Waals surface area contributed by atoms with E-state index in [4.69, 9.17) is 11.5 Å². The van der Waals surface area contributed by atoms with Gasteiger partial charge in [-0.05, 0) is 30.5 Å². The summed E-state index contributed by atoms with van der Waals surface area (Å²) in [7, 11) is 0. The second-order valence-corrected chi connectivity index (χ2v) is 8.35. The van der Waals surface area contributed by atoms with Gasteiger partial charge in [0.05, 0.1) is 12.5 Å². The molecule has 8 N–H and O–H groups in total. The van der Waals surface area contributed by atoms with Gasteiger partial charge in [0.25, 0.3) is 0 Å². The number of carboxylic acid groups (broad SMARTS) is 1. The topological polar surface area (TPSA) is 205 Å². The minimum absolute atomic E-state index is 0.00547. The summed E-state index contributed by atoms with van der Waals surface area (Å²) in [6.45, 7) is 0.204. The lowest BCUT2D eigenvalue weighted by Crippen LogP contribution is -2.58. The highest BCUT2D eigenvalue weighted by atomic mass is 32.1. The van der Waals surface area contributed by atoms with Crippen molar-refractivity contribution in [2.24, 2.45) is 11.5 Å². The number of amides is 4. The van der Waals surface area contributed by atoms with E-state index in [0.717, 1.165) is 0 Å². The molecule has 1 aromatic carbocycles. The summed E-state index contributed by atoms with van der Waals surface area (Å²) in [5, 5.41) is 23.8. The molecule has 1 heterocycles. The SMILES string of the molecule is NC(=O)CC(NC(=O)C(N)CS)C(=O)NC(Cc1ccc(O)cc1)C(=O)N1CCCC1C(=O)O. The number of carbonyl (C=O) groups is 5. The van der Waals surface area contributed by atoms with Crippen LogP contribution in [0.1, 0.15) is 24.8 Å². The zero-order valence-electron chi connectivity index (χ0n) is 18.3. The number of phenolic OH excluding ortho intramolecular Hbond substituents is 1. The molecule has 13 heteroatoms. The van der Waals surface area contributed by atoms with Crippen LogP contribution in [0.2, 0.25) is 0 Å². The van der Waals surface area contributed by atoms with Crippen molar-refractivity contribution in [3.05, 3.63) is 29.8 Å². The summed E-state index contributed by atoms with van der Waals surface area (Å²) in [5.74, 6) is -4.24. The summed E-state index contributed by atoms with van der Waals surface area (Å²) in [5.41, 5.74) is 11.4. The van der Waals surface area contributed by atoms with Crippen LogP contribution >= 0.6 is 12.6 Å². The van der Waals surface area contributed by atoms with Crippen molar-refractivity contribution in [3.8, 4) is 5.75 Å². The second kappa shape index (κ2) is 12.2. The van der Waals surface area contributed by atoms with Gasteiger partial charge in [-0.25, -0.2) is 4.79 Å². The number of phenols is 1. The smallest absolute Gasteiger partial charge is 0.326 e. The molecule has 0 saturated carbocycles. The van der Waals surface area contributed by atoms with Gasteiger partial charge in [0.1, 0.15) is 23.9 Å². The molecular formula is C21H29N5O7S. The first-order chi connectivity index (χ1) is 16.0. The predicted octanol–water partition coefficient (Wildman–Crippen LogP) is -1.89. The van der Waals surface area contributed by atoms with Gasteiger partial charge in [-0.3, -0.25) is 19.2 Å². The number of aromatic hydroxyl groups is 1. The van der Waals surface area contributed by atoms with Crippen molar-refractivity contribution in [3.63, 3.8) is 0 Å². The van der Waals surface area contributed by atoms with E-state index in [1.807, 2.05) is 0 Å². The Balaban J connectivity index is 2.28. The van der Waals surface area contributed by atoms with Gasteiger partial charge in [0, 0.05) is 18.7 Å². The Morgan fingerprint density at radius 1 is 1.09 bits per heavy atom. The van der Waals surface area contributed by atoms with Crippen LogP contribution in [0.4, 0.5) is 0 Å². The molecule has 0 spiro atoms. The molecule has 34 heavy (non-hydrogen) atoms. The lowest BCUT2D eigenvalue weighted by molar-refractivity contribution is -0.149. The van der Waals surface area contributed by atoms with Crippen molar-refractivity contribution in [2.45, 2.75) is 49.9 Å². The Bertz CT molecular complexity index is 927. The summed E-state index contributed by atoms with van der Waals surface area (Å²) < 4.78 is 0. The third-order valence-corrected chi connectivity index (χ3v) is 5.78. The Kier molecular flexibility index (Phi) is 9.69. The Morgan fingerprint density at radius 2 is 1.71 bits per heavy atom. The van der Waals surface area contributed by atoms with Crippen LogP contribution in [0.5, 0.6) is 5.75 Å². The number of thiol groups is 1. The lowest BCUT2D eigenvalue weighted by atomic mass is 10.0. The average molecular weight is 496 g/mol. The van der Waals surface area contributed by atoms with Crippen molar-refractivity contribution in [1.82, 2.24) is 15.5 Å². The summed E-state index contributed by atoms with van der Waals surface area (Å²) >= 11 is 3.92. The van der Waals surface area contributed by atoms with Crippen molar-refractivity contribution < 1.29 is 34.2 Å². The number of nitrogens with one attached hydrogen (secondary N) is 2. The molecule has 0 bridgehead atoms. The number of nitrogens with two attached hydrogens (primary N) is 2. The van der Waals surface area contributed by atoms with Crippen LogP contribution < -0.4 is 22.1 Å². The first-order valence-corrected chi connectivity index (χ1v) is 11.2. The van der Waals surface area contributed by atoms with Gasteiger partial charge >= 0.3 is 5.97 Å². The van der Waals surface area contributed by atoms with Gasteiger partial charge in [-0.15, -0.1) is 0 Å². The van der Waals surface area contributed by atoms with E-state index in [0.29, 0.717) is 12.0 Å². The summed E-state index contributed by atoms with van der Waals surface area (Å²) in [6.07, 6.45) is 0.201. The molecule has 1 aliphatic rings. The van der Waals surface area contributed by atoms with Crippen LogP contribution in [-0.2, 0) is 30.4 Å². The molecule has 0 radical (unpaired) electrons. The van der Waals surface area contributed by atoms with E-state index in [9.17, 15) is 34.2 Å². The number of hydrogen-bond acceptors (Lipinski definition) is 8. The predicted molar refractivity (Wildman–Crippen MR) is 124 cm³/mol. The zero-order chi connectivity index (χ0) is 25.4. The van der Waals surface area contributed by atoms with Gasteiger partial charge in [0.2, 0.25) is 23.6 Å². The molecular weight excluding hydrogens is 466 g/mol. The van der Waals surface area contributed by atoms with Crippen LogP contribution in [0.3, 0.4) is 0 Å². The van der Waals surface area contributed by atoms with Crippen molar-refractivity contribution in [2.75, 3.05) is 12.3 Å².